The van der Waals surface area contributed by atoms with Gasteiger partial charge in [-0.1, -0.05) is 23.8 Å². The van der Waals surface area contributed by atoms with Crippen molar-refractivity contribution in [1.82, 2.24) is 15.4 Å². The molecule has 0 bridgehead atoms. The average Bonchev–Trinajstić information content (AvgIpc) is 3.12. The molecule has 0 amide bonds. The van der Waals surface area contributed by atoms with E-state index in [0.29, 0.717) is 34.0 Å². The van der Waals surface area contributed by atoms with Crippen LogP contribution in [-0.2, 0) is 12.4 Å². The van der Waals surface area contributed by atoms with Gasteiger partial charge in [0.05, 0.1) is 17.3 Å². The van der Waals surface area contributed by atoms with E-state index in [-0.39, 0.29) is 11.6 Å². The molecule has 0 saturated heterocycles. The molecule has 146 valence electrons. The number of aromatic amines is 1. The zero-order valence-corrected chi connectivity index (χ0v) is 14.5. The molecule has 10 heteroatoms. The van der Waals surface area contributed by atoms with Crippen LogP contribution in [0.15, 0.2) is 42.6 Å². The Morgan fingerprint density at radius 1 is 0.786 bits per heavy atom. The third-order valence-electron chi connectivity index (χ3n) is 3.71. The van der Waals surface area contributed by atoms with E-state index < -0.39 is 23.5 Å². The summed E-state index contributed by atoms with van der Waals surface area (Å²) in [4.78, 5) is 0. The minimum atomic E-state index is -4.90. The highest BCUT2D eigenvalue weighted by Gasteiger charge is 2.36. The maximum absolute atomic E-state index is 12.9. The first kappa shape index (κ1) is 19.9. The molecular weight excluding hydrogens is 408 g/mol. The van der Waals surface area contributed by atoms with Gasteiger partial charge in [0.2, 0.25) is 0 Å². The molecule has 0 spiro atoms. The number of rotatable bonds is 3. The number of H-pyrrole nitrogens is 1. The molecule has 0 fully saturated rings. The first-order chi connectivity index (χ1) is 13.0. The van der Waals surface area contributed by atoms with Crippen molar-refractivity contribution >= 4 is 23.8 Å². The Hall–Kier alpha value is -2.81. The number of alkyl halides is 6. The molecule has 0 saturated carbocycles. The second-order valence-electron chi connectivity index (χ2n) is 5.80. The first-order valence-electron chi connectivity index (χ1n) is 7.67. The second kappa shape index (κ2) is 7.31. The van der Waals surface area contributed by atoms with Crippen LogP contribution >= 0.6 is 11.6 Å². The van der Waals surface area contributed by atoms with Gasteiger partial charge < -0.3 is 0 Å². The molecule has 1 heterocycles. The van der Waals surface area contributed by atoms with Gasteiger partial charge in [0.25, 0.3) is 0 Å². The van der Waals surface area contributed by atoms with Gasteiger partial charge >= 0.3 is 12.4 Å². The number of aromatic nitrogens is 3. The lowest BCUT2D eigenvalue weighted by Crippen LogP contribution is -2.11. The Kier molecular flexibility index (Phi) is 5.20. The molecule has 1 aromatic heterocycles. The Balaban J connectivity index is 2.00. The number of nitrogens with one attached hydrogen (secondary N) is 1. The van der Waals surface area contributed by atoms with Gasteiger partial charge in [-0.3, -0.25) is 0 Å². The predicted octanol–water partition coefficient (Wildman–Crippen LogP) is 6.33. The number of hydrogen-bond donors (Lipinski definition) is 1. The van der Waals surface area contributed by atoms with Crippen LogP contribution in [0.25, 0.3) is 23.4 Å². The third-order valence-corrected chi connectivity index (χ3v) is 3.93. The van der Waals surface area contributed by atoms with Crippen molar-refractivity contribution in [2.75, 3.05) is 0 Å². The molecule has 0 atom stereocenters. The maximum atomic E-state index is 12.9. The van der Waals surface area contributed by atoms with Gasteiger partial charge in [-0.05, 0) is 47.5 Å². The van der Waals surface area contributed by atoms with Crippen LogP contribution in [-0.4, -0.2) is 15.4 Å². The van der Waals surface area contributed by atoms with E-state index >= 15 is 0 Å². The normalized spacial score (nSPS) is 12.7. The van der Waals surface area contributed by atoms with Crippen LogP contribution in [0.4, 0.5) is 26.3 Å². The molecular formula is C18H10ClF6N3. The smallest absolute Gasteiger partial charge is 0.197 e. The minimum absolute atomic E-state index is 0.0827. The van der Waals surface area contributed by atoms with Crippen molar-refractivity contribution in [3.05, 3.63) is 69.9 Å². The number of hydrogen-bond acceptors (Lipinski definition) is 2. The lowest BCUT2D eigenvalue weighted by molar-refractivity contribution is -0.143. The molecule has 1 N–H and O–H groups in total. The van der Waals surface area contributed by atoms with Gasteiger partial charge in [0.15, 0.2) is 0 Å². The summed E-state index contributed by atoms with van der Waals surface area (Å²) in [5.74, 6) is 0. The Labute approximate surface area is 159 Å². The fourth-order valence-corrected chi connectivity index (χ4v) is 2.71. The topological polar surface area (TPSA) is 41.6 Å². The van der Waals surface area contributed by atoms with Gasteiger partial charge in [0.1, 0.15) is 5.69 Å². The van der Waals surface area contributed by atoms with Crippen molar-refractivity contribution in [1.29, 1.82) is 0 Å². The summed E-state index contributed by atoms with van der Waals surface area (Å²) in [6, 6.07) is 6.12. The quantitative estimate of drug-likeness (QED) is 0.399. The van der Waals surface area contributed by atoms with Crippen LogP contribution in [0.2, 0.25) is 5.02 Å². The Bertz CT molecular complexity index is 975. The van der Waals surface area contributed by atoms with Crippen LogP contribution in [0.1, 0.15) is 22.3 Å². The van der Waals surface area contributed by atoms with Gasteiger partial charge in [0, 0.05) is 10.6 Å². The molecule has 3 aromatic rings. The fraction of sp³-hybridized carbons (Fsp3) is 0.111. The van der Waals surface area contributed by atoms with Crippen molar-refractivity contribution in [2.24, 2.45) is 0 Å². The monoisotopic (exact) mass is 417 g/mol. The second-order valence-corrected chi connectivity index (χ2v) is 6.24. The Morgan fingerprint density at radius 3 is 1.86 bits per heavy atom. The summed E-state index contributed by atoms with van der Waals surface area (Å²) in [5, 5.41) is 10.3. The molecule has 0 aliphatic rings. The SMILES string of the molecule is FC(F)(F)c1cc(/C=C/c2cc(Cl)cc(-c3cn[nH]n3)c2)cc(C(F)(F)F)c1. The number of halogens is 7. The van der Waals surface area contributed by atoms with Crippen LogP contribution in [0, 0.1) is 0 Å². The van der Waals surface area contributed by atoms with Crippen LogP contribution in [0.3, 0.4) is 0 Å². The van der Waals surface area contributed by atoms with E-state index in [4.69, 9.17) is 11.6 Å². The van der Waals surface area contributed by atoms with Crippen molar-refractivity contribution in [3.63, 3.8) is 0 Å². The van der Waals surface area contributed by atoms with Crippen molar-refractivity contribution < 1.29 is 26.3 Å². The summed E-state index contributed by atoms with van der Waals surface area (Å²) < 4.78 is 77.6. The summed E-state index contributed by atoms with van der Waals surface area (Å²) in [6.45, 7) is 0. The molecule has 0 radical (unpaired) electrons. The maximum Gasteiger partial charge on any atom is 0.416 e. The van der Waals surface area contributed by atoms with Gasteiger partial charge in [-0.25, -0.2) is 0 Å². The third kappa shape index (κ3) is 4.72. The van der Waals surface area contributed by atoms with Gasteiger partial charge in [-0.2, -0.15) is 41.8 Å². The standard InChI is InChI=1S/C18H10ClF6N3/c19-15-6-10(3-12(7-15)16-9-26-28-27-16)1-2-11-4-13(17(20,21)22)8-14(5-11)18(23,24)25/h1-9H,(H,26,27,28)/b2-1+. The van der Waals surface area contributed by atoms with Gasteiger partial charge in [-0.15, -0.1) is 0 Å². The van der Waals surface area contributed by atoms with E-state index in [1.807, 2.05) is 0 Å². The van der Waals surface area contributed by atoms with E-state index in [9.17, 15) is 26.3 Å². The largest absolute Gasteiger partial charge is 0.416 e. The highest BCUT2D eigenvalue weighted by atomic mass is 35.5. The fourth-order valence-electron chi connectivity index (χ4n) is 2.46. The van der Waals surface area contributed by atoms with E-state index in [1.165, 1.54) is 18.3 Å². The molecule has 2 aromatic carbocycles. The van der Waals surface area contributed by atoms with Crippen LogP contribution in [0.5, 0.6) is 0 Å². The number of benzene rings is 2. The van der Waals surface area contributed by atoms with Crippen LogP contribution < -0.4 is 0 Å². The summed E-state index contributed by atoms with van der Waals surface area (Å²) in [6.07, 6.45) is -5.84. The zero-order valence-electron chi connectivity index (χ0n) is 13.7. The zero-order chi connectivity index (χ0) is 20.5. The highest BCUT2D eigenvalue weighted by molar-refractivity contribution is 6.31. The molecule has 0 aliphatic heterocycles. The van der Waals surface area contributed by atoms with E-state index in [1.54, 1.807) is 12.1 Å². The lowest BCUT2D eigenvalue weighted by Gasteiger charge is -2.13. The summed E-state index contributed by atoms with van der Waals surface area (Å²) in [5.41, 5.74) is -1.47. The summed E-state index contributed by atoms with van der Waals surface area (Å²) >= 11 is 6.03. The van der Waals surface area contributed by atoms with Crippen molar-refractivity contribution in [2.45, 2.75) is 12.4 Å². The number of nitrogens with zero attached hydrogens (tertiary/aromatic N) is 2. The molecule has 0 aliphatic carbocycles. The highest BCUT2D eigenvalue weighted by Crippen LogP contribution is 2.36. The lowest BCUT2D eigenvalue weighted by atomic mass is 10.0. The average molecular weight is 418 g/mol. The molecule has 3 nitrogen and oxygen atoms in total. The molecule has 3 rings (SSSR count). The first-order valence-corrected chi connectivity index (χ1v) is 8.04. The molecule has 28 heavy (non-hydrogen) atoms. The predicted molar refractivity (Wildman–Crippen MR) is 92.2 cm³/mol. The molecule has 0 unspecified atom stereocenters. The van der Waals surface area contributed by atoms with Crippen molar-refractivity contribution in [3.8, 4) is 11.3 Å². The minimum Gasteiger partial charge on any atom is -0.197 e. The van der Waals surface area contributed by atoms with E-state index in [0.717, 1.165) is 6.08 Å². The van der Waals surface area contributed by atoms with E-state index in [2.05, 4.69) is 15.4 Å². The Morgan fingerprint density at radius 2 is 1.36 bits per heavy atom. The summed E-state index contributed by atoms with van der Waals surface area (Å²) in [7, 11) is 0.